The van der Waals surface area contributed by atoms with Crippen LogP contribution in [0.3, 0.4) is 0 Å². The molecule has 0 spiro atoms. The Labute approximate surface area is 106 Å². The maximum Gasteiger partial charge on any atom is 0.128 e. The molecule has 0 unspecified atom stereocenters. The summed E-state index contributed by atoms with van der Waals surface area (Å²) in [6.07, 6.45) is 0.737. The van der Waals surface area contributed by atoms with E-state index in [1.165, 1.54) is 6.07 Å². The number of ether oxygens (including phenoxy) is 1. The Kier molecular flexibility index (Phi) is 4.31. The molecule has 0 saturated heterocycles. The summed E-state index contributed by atoms with van der Waals surface area (Å²) in [6.45, 7) is 0.821. The highest BCUT2D eigenvalue weighted by Gasteiger charge is 2.01. The summed E-state index contributed by atoms with van der Waals surface area (Å²) in [4.78, 5) is 0. The van der Waals surface area contributed by atoms with Crippen LogP contribution >= 0.6 is 0 Å². The number of benzene rings is 2. The zero-order chi connectivity index (χ0) is 12.8. The van der Waals surface area contributed by atoms with E-state index in [1.54, 1.807) is 18.2 Å². The fourth-order valence-corrected chi connectivity index (χ4v) is 1.74. The van der Waals surface area contributed by atoms with Crippen molar-refractivity contribution in [3.05, 3.63) is 65.5 Å². The maximum absolute atomic E-state index is 13.3. The number of para-hydroxylation sites is 1. The number of hydrogen-bond acceptors (Lipinski definition) is 2. The quantitative estimate of drug-likeness (QED) is 0.648. The molecule has 2 N–H and O–H groups in total. The number of anilines is 1. The summed E-state index contributed by atoms with van der Waals surface area (Å²) in [6, 6.07) is 14.3. The van der Waals surface area contributed by atoms with E-state index in [-0.39, 0.29) is 5.82 Å². The molecule has 0 aliphatic rings. The minimum Gasteiger partial charge on any atom is -0.399 e. The fourth-order valence-electron chi connectivity index (χ4n) is 1.74. The Morgan fingerprint density at radius 3 is 2.33 bits per heavy atom. The zero-order valence-corrected chi connectivity index (χ0v) is 10.1. The first-order chi connectivity index (χ1) is 8.77. The first kappa shape index (κ1) is 12.6. The summed E-state index contributed by atoms with van der Waals surface area (Å²) in [7, 11) is 0. The van der Waals surface area contributed by atoms with Gasteiger partial charge in [-0.3, -0.25) is 0 Å². The molecule has 0 fully saturated rings. The fraction of sp³-hybridized carbons (Fsp3) is 0.200. The van der Waals surface area contributed by atoms with Crippen molar-refractivity contribution < 1.29 is 9.13 Å². The second kappa shape index (κ2) is 6.17. The maximum atomic E-state index is 13.3. The van der Waals surface area contributed by atoms with Crippen molar-refractivity contribution in [1.82, 2.24) is 0 Å². The largest absolute Gasteiger partial charge is 0.399 e. The van der Waals surface area contributed by atoms with Crippen molar-refractivity contribution in [1.29, 1.82) is 0 Å². The first-order valence-electron chi connectivity index (χ1n) is 5.92. The van der Waals surface area contributed by atoms with Gasteiger partial charge in [-0.05, 0) is 24.1 Å². The van der Waals surface area contributed by atoms with Gasteiger partial charge >= 0.3 is 0 Å². The Balaban J connectivity index is 1.80. The normalized spacial score (nSPS) is 10.5. The van der Waals surface area contributed by atoms with Crippen LogP contribution in [0.5, 0.6) is 0 Å². The van der Waals surface area contributed by atoms with Crippen LogP contribution in [0, 0.1) is 5.82 Å². The van der Waals surface area contributed by atoms with E-state index in [0.717, 1.165) is 17.7 Å². The number of nitrogen functional groups attached to an aromatic ring is 1. The van der Waals surface area contributed by atoms with E-state index < -0.39 is 0 Å². The number of nitrogens with two attached hydrogens (primary N) is 1. The average molecular weight is 245 g/mol. The van der Waals surface area contributed by atoms with Gasteiger partial charge in [-0.25, -0.2) is 4.39 Å². The molecule has 2 aromatic carbocycles. The molecule has 0 bridgehead atoms. The van der Waals surface area contributed by atoms with Gasteiger partial charge in [-0.2, -0.15) is 0 Å². The average Bonchev–Trinajstić information content (AvgIpc) is 2.38. The van der Waals surface area contributed by atoms with E-state index in [1.807, 2.05) is 24.3 Å². The highest BCUT2D eigenvalue weighted by atomic mass is 19.1. The number of hydrogen-bond donors (Lipinski definition) is 1. The second-order valence-corrected chi connectivity index (χ2v) is 4.09. The predicted octanol–water partition coefficient (Wildman–Crippen LogP) is 3.17. The first-order valence-corrected chi connectivity index (χ1v) is 5.92. The van der Waals surface area contributed by atoms with E-state index in [9.17, 15) is 4.39 Å². The van der Waals surface area contributed by atoms with Crippen LogP contribution < -0.4 is 5.73 Å². The van der Waals surface area contributed by atoms with E-state index in [0.29, 0.717) is 18.8 Å². The van der Waals surface area contributed by atoms with Crippen LogP contribution in [-0.4, -0.2) is 6.61 Å². The highest BCUT2D eigenvalue weighted by molar-refractivity contribution is 5.46. The predicted molar refractivity (Wildman–Crippen MR) is 70.6 cm³/mol. The lowest BCUT2D eigenvalue weighted by molar-refractivity contribution is 0.121. The molecule has 0 amide bonds. The van der Waals surface area contributed by atoms with Crippen LogP contribution in [0.2, 0.25) is 0 Å². The number of halogens is 1. The topological polar surface area (TPSA) is 35.2 Å². The molecule has 2 rings (SSSR count). The zero-order valence-electron chi connectivity index (χ0n) is 10.1. The summed E-state index contributed by atoms with van der Waals surface area (Å²) in [5, 5.41) is 0. The molecule has 0 atom stereocenters. The molecule has 2 aromatic rings. The molecule has 0 aliphatic carbocycles. The molecule has 3 heteroatoms. The van der Waals surface area contributed by atoms with Crippen molar-refractivity contribution in [3.63, 3.8) is 0 Å². The van der Waals surface area contributed by atoms with E-state index in [4.69, 9.17) is 10.5 Å². The summed E-state index contributed by atoms with van der Waals surface area (Å²) in [5.74, 6) is -0.225. The summed E-state index contributed by atoms with van der Waals surface area (Å²) >= 11 is 0. The van der Waals surface area contributed by atoms with Crippen LogP contribution in [0.4, 0.5) is 10.1 Å². The summed E-state index contributed by atoms with van der Waals surface area (Å²) in [5.41, 5.74) is 8.24. The molecule has 0 saturated carbocycles. The molecule has 0 heterocycles. The van der Waals surface area contributed by atoms with Gasteiger partial charge in [0, 0.05) is 11.3 Å². The molecular formula is C15H16FNO. The van der Waals surface area contributed by atoms with E-state index >= 15 is 0 Å². The number of rotatable bonds is 5. The monoisotopic (exact) mass is 245 g/mol. The Morgan fingerprint density at radius 1 is 0.944 bits per heavy atom. The molecule has 94 valence electrons. The third-order valence-electron chi connectivity index (χ3n) is 2.79. The Hall–Kier alpha value is -1.87. The van der Waals surface area contributed by atoms with Crippen molar-refractivity contribution in [2.24, 2.45) is 0 Å². The smallest absolute Gasteiger partial charge is 0.128 e. The van der Waals surface area contributed by atoms with Gasteiger partial charge in [0.1, 0.15) is 5.82 Å². The standard InChI is InChI=1S/C15H16FNO/c16-14-7-3-1-6-13(14)11-18-10-9-12-5-2-4-8-15(12)17/h1-8H,9-11,17H2. The van der Waals surface area contributed by atoms with Gasteiger partial charge < -0.3 is 10.5 Å². The Bertz CT molecular complexity index is 466. The third kappa shape index (κ3) is 3.31. The van der Waals surface area contributed by atoms with Crippen LogP contribution in [-0.2, 0) is 17.8 Å². The van der Waals surface area contributed by atoms with Crippen molar-refractivity contribution >= 4 is 5.69 Å². The van der Waals surface area contributed by atoms with Crippen molar-refractivity contribution in [2.45, 2.75) is 13.0 Å². The lowest BCUT2D eigenvalue weighted by atomic mass is 10.1. The molecule has 0 aliphatic heterocycles. The molecule has 0 radical (unpaired) electrons. The Morgan fingerprint density at radius 2 is 1.61 bits per heavy atom. The third-order valence-corrected chi connectivity index (χ3v) is 2.79. The minimum atomic E-state index is -0.225. The molecular weight excluding hydrogens is 229 g/mol. The van der Waals surface area contributed by atoms with Gasteiger partial charge in [-0.15, -0.1) is 0 Å². The van der Waals surface area contributed by atoms with Gasteiger partial charge in [0.25, 0.3) is 0 Å². The van der Waals surface area contributed by atoms with Crippen molar-refractivity contribution in [2.75, 3.05) is 12.3 Å². The van der Waals surface area contributed by atoms with Gasteiger partial charge in [-0.1, -0.05) is 36.4 Å². The lowest BCUT2D eigenvalue weighted by Gasteiger charge is -2.07. The van der Waals surface area contributed by atoms with Crippen LogP contribution in [0.1, 0.15) is 11.1 Å². The SMILES string of the molecule is Nc1ccccc1CCOCc1ccccc1F. The minimum absolute atomic E-state index is 0.225. The highest BCUT2D eigenvalue weighted by Crippen LogP contribution is 2.12. The van der Waals surface area contributed by atoms with Crippen LogP contribution in [0.15, 0.2) is 48.5 Å². The molecule has 18 heavy (non-hydrogen) atoms. The molecule has 2 nitrogen and oxygen atoms in total. The lowest BCUT2D eigenvalue weighted by Crippen LogP contribution is -2.02. The van der Waals surface area contributed by atoms with Crippen molar-refractivity contribution in [3.8, 4) is 0 Å². The van der Waals surface area contributed by atoms with E-state index in [2.05, 4.69) is 0 Å². The second-order valence-electron chi connectivity index (χ2n) is 4.09. The van der Waals surface area contributed by atoms with Gasteiger partial charge in [0.2, 0.25) is 0 Å². The van der Waals surface area contributed by atoms with Gasteiger partial charge in [0.15, 0.2) is 0 Å². The van der Waals surface area contributed by atoms with Crippen LogP contribution in [0.25, 0.3) is 0 Å². The van der Waals surface area contributed by atoms with Gasteiger partial charge in [0.05, 0.1) is 13.2 Å². The molecule has 0 aromatic heterocycles. The summed E-state index contributed by atoms with van der Waals surface area (Å²) < 4.78 is 18.8.